The molecule has 2 aliphatic rings. The van der Waals surface area contributed by atoms with Crippen LogP contribution in [0, 0.1) is 23.5 Å². The number of hydrogen-bond donors (Lipinski definition) is 4. The van der Waals surface area contributed by atoms with Crippen molar-refractivity contribution in [2.24, 2.45) is 11.8 Å². The van der Waals surface area contributed by atoms with Crippen LogP contribution >= 0.6 is 11.6 Å². The molecule has 2 aromatic carbocycles. The second kappa shape index (κ2) is 10.9. The topological polar surface area (TPSA) is 133 Å². The maximum atomic E-state index is 13.7. The number of hydrogen-bond acceptors (Lipinski definition) is 6. The zero-order valence-electron chi connectivity index (χ0n) is 20.6. The largest absolute Gasteiger partial charge is 0.392 e. The Hall–Kier alpha value is -2.60. The molecule has 5 atom stereocenters. The molecular weight excluding hydrogens is 542 g/mol. The van der Waals surface area contributed by atoms with Crippen LogP contribution in [0.25, 0.3) is 0 Å². The third-order valence-electron chi connectivity index (χ3n) is 7.53. The van der Waals surface area contributed by atoms with Gasteiger partial charge in [-0.15, -0.1) is 0 Å². The van der Waals surface area contributed by atoms with Crippen LogP contribution in [0.5, 0.6) is 0 Å². The second-order valence-electron chi connectivity index (χ2n) is 10.2. The van der Waals surface area contributed by atoms with Gasteiger partial charge in [-0.1, -0.05) is 11.6 Å². The number of carbonyl (C=O) groups is 2. The molecule has 2 aromatic rings. The first kappa shape index (κ1) is 28.4. The molecule has 8 nitrogen and oxygen atoms in total. The molecule has 0 aromatic heterocycles. The zero-order chi connectivity index (χ0) is 27.8. The molecule has 2 saturated carbocycles. The molecule has 2 amide bonds. The van der Waals surface area contributed by atoms with Gasteiger partial charge in [-0.25, -0.2) is 17.2 Å². The molecule has 4 N–H and O–H groups in total. The van der Waals surface area contributed by atoms with Crippen molar-refractivity contribution in [1.82, 2.24) is 5.32 Å². The number of nitrogens with one attached hydrogen (secondary N) is 2. The van der Waals surface area contributed by atoms with Crippen molar-refractivity contribution in [3.8, 4) is 0 Å². The van der Waals surface area contributed by atoms with Crippen molar-refractivity contribution in [2.45, 2.75) is 60.9 Å². The lowest BCUT2D eigenvalue weighted by molar-refractivity contribution is -0.133. The Balaban J connectivity index is 1.51. The average molecular weight is 571 g/mol. The van der Waals surface area contributed by atoms with E-state index in [1.807, 2.05) is 0 Å². The van der Waals surface area contributed by atoms with Gasteiger partial charge >= 0.3 is 0 Å². The van der Waals surface area contributed by atoms with Gasteiger partial charge in [0.2, 0.25) is 5.91 Å². The van der Waals surface area contributed by atoms with Gasteiger partial charge in [-0.3, -0.25) is 9.59 Å². The van der Waals surface area contributed by atoms with Crippen molar-refractivity contribution < 1.29 is 37.0 Å². The van der Waals surface area contributed by atoms with E-state index in [0.717, 1.165) is 18.2 Å². The van der Waals surface area contributed by atoms with Crippen molar-refractivity contribution >= 4 is 38.9 Å². The van der Waals surface area contributed by atoms with Crippen LogP contribution < -0.4 is 10.6 Å². The molecule has 0 heterocycles. The van der Waals surface area contributed by atoms with E-state index in [-0.39, 0.29) is 47.0 Å². The Bertz CT molecular complexity index is 1340. The Morgan fingerprint density at radius 3 is 2.37 bits per heavy atom. The molecule has 2 bridgehead atoms. The maximum absolute atomic E-state index is 13.7. The highest BCUT2D eigenvalue weighted by molar-refractivity contribution is 7.92. The summed E-state index contributed by atoms with van der Waals surface area (Å²) in [6.45, 7) is 1.58. The van der Waals surface area contributed by atoms with Crippen LogP contribution in [0.15, 0.2) is 41.3 Å². The van der Waals surface area contributed by atoms with E-state index in [1.54, 1.807) is 0 Å². The summed E-state index contributed by atoms with van der Waals surface area (Å²) in [5.41, 5.74) is -1.39. The summed E-state index contributed by atoms with van der Waals surface area (Å²) in [5.74, 6) is -4.19. The molecule has 2 fully saturated rings. The predicted molar refractivity (Wildman–Crippen MR) is 136 cm³/mol. The zero-order valence-corrected chi connectivity index (χ0v) is 22.2. The first-order valence-corrected chi connectivity index (χ1v) is 14.2. The summed E-state index contributed by atoms with van der Waals surface area (Å²) in [6.07, 6.45) is 0.483. The summed E-state index contributed by atoms with van der Waals surface area (Å²) in [6, 6.07) is 6.61. The fourth-order valence-corrected chi connectivity index (χ4v) is 7.95. The lowest BCUT2D eigenvalue weighted by Crippen LogP contribution is -2.51. The molecule has 4 rings (SSSR count). The lowest BCUT2D eigenvalue weighted by Gasteiger charge is -2.42. The van der Waals surface area contributed by atoms with Crippen LogP contribution in [0.2, 0.25) is 5.02 Å². The first-order valence-electron chi connectivity index (χ1n) is 12.3. The third-order valence-corrected chi connectivity index (χ3v) is 10.2. The molecule has 0 spiro atoms. The number of carbonyl (C=O) groups excluding carboxylic acids is 2. The summed E-state index contributed by atoms with van der Waals surface area (Å²) in [4.78, 5) is 24.8. The fourth-order valence-electron chi connectivity index (χ4n) is 5.55. The van der Waals surface area contributed by atoms with Crippen LogP contribution in [0.1, 0.15) is 49.4 Å². The van der Waals surface area contributed by atoms with Gasteiger partial charge in [0.25, 0.3) is 5.91 Å². The summed E-state index contributed by atoms with van der Waals surface area (Å²) < 4.78 is 54.0. The molecule has 12 heteroatoms. The standard InChI is InChI=1S/C26H29ClF2N2O6S/c1-14(32)13-30-24(33)12-26(35)16-3-4-17(26)10-19(9-16)38(36,37)23-8-15(2-6-20(23)27)25(34)31-18-5-7-21(28)22(29)11-18/h2,5-8,11,14,16-17,19,32,35H,3-4,9-10,12-13H2,1H3,(H,30,33)(H,31,34)/t14-,16+,17?,19+,26+/m1/s1. The molecule has 1 unspecified atom stereocenters. The number of fused-ring (bicyclic) bond motifs is 2. The average Bonchev–Trinajstić information content (AvgIpc) is 3.00. The number of benzene rings is 2. The van der Waals surface area contributed by atoms with Crippen LogP contribution in [0.3, 0.4) is 0 Å². The molecule has 0 radical (unpaired) electrons. The molecule has 38 heavy (non-hydrogen) atoms. The van der Waals surface area contributed by atoms with Crippen LogP contribution in [-0.2, 0) is 14.6 Å². The highest BCUT2D eigenvalue weighted by Gasteiger charge is 2.56. The smallest absolute Gasteiger partial charge is 0.255 e. The minimum atomic E-state index is -4.03. The first-order chi connectivity index (χ1) is 17.8. The van der Waals surface area contributed by atoms with E-state index >= 15 is 0 Å². The minimum Gasteiger partial charge on any atom is -0.392 e. The molecule has 2 aliphatic carbocycles. The van der Waals surface area contributed by atoms with Gasteiger partial charge < -0.3 is 20.8 Å². The summed E-state index contributed by atoms with van der Waals surface area (Å²) in [5, 5.41) is 24.8. The quantitative estimate of drug-likeness (QED) is 0.384. The van der Waals surface area contributed by atoms with Crippen molar-refractivity contribution in [2.75, 3.05) is 11.9 Å². The summed E-state index contributed by atoms with van der Waals surface area (Å²) >= 11 is 6.25. The Kier molecular flexibility index (Phi) is 8.13. The fraction of sp³-hybridized carbons (Fsp3) is 0.462. The van der Waals surface area contributed by atoms with Crippen LogP contribution in [0.4, 0.5) is 14.5 Å². The number of anilines is 1. The van der Waals surface area contributed by atoms with Crippen molar-refractivity contribution in [3.63, 3.8) is 0 Å². The highest BCUT2D eigenvalue weighted by atomic mass is 35.5. The van der Waals surface area contributed by atoms with Gasteiger partial charge in [0.1, 0.15) is 0 Å². The normalized spacial score (nSPS) is 25.6. The number of rotatable bonds is 8. The number of aliphatic hydroxyl groups is 2. The highest BCUT2D eigenvalue weighted by Crippen LogP contribution is 2.53. The van der Waals surface area contributed by atoms with E-state index in [1.165, 1.54) is 25.1 Å². The Labute approximate surface area is 224 Å². The maximum Gasteiger partial charge on any atom is 0.255 e. The van der Waals surface area contributed by atoms with E-state index in [2.05, 4.69) is 10.6 Å². The SMILES string of the molecule is C[C@@H](O)CNC(=O)C[C@@]1(O)C2CC[C@H]1C[C@H](S(=O)(=O)c1cc(C(=O)Nc3ccc(F)c(F)c3)ccc1Cl)C2. The Morgan fingerprint density at radius 2 is 1.76 bits per heavy atom. The molecule has 0 aliphatic heterocycles. The van der Waals surface area contributed by atoms with E-state index < -0.39 is 62.1 Å². The number of halogens is 3. The van der Waals surface area contributed by atoms with E-state index in [4.69, 9.17) is 11.6 Å². The Morgan fingerprint density at radius 1 is 1.11 bits per heavy atom. The number of amides is 2. The molecule has 0 saturated heterocycles. The van der Waals surface area contributed by atoms with Crippen molar-refractivity contribution in [1.29, 1.82) is 0 Å². The lowest BCUT2D eigenvalue weighted by atomic mass is 9.72. The van der Waals surface area contributed by atoms with Crippen LogP contribution in [-0.4, -0.2) is 53.9 Å². The molecule has 206 valence electrons. The predicted octanol–water partition coefficient (Wildman–Crippen LogP) is 3.45. The van der Waals surface area contributed by atoms with E-state index in [9.17, 15) is 37.0 Å². The van der Waals surface area contributed by atoms with Gasteiger partial charge in [0, 0.05) is 23.9 Å². The molecular formula is C26H29ClF2N2O6S. The van der Waals surface area contributed by atoms with Crippen molar-refractivity contribution in [3.05, 3.63) is 58.6 Å². The van der Waals surface area contributed by atoms with Gasteiger partial charge in [-0.2, -0.15) is 0 Å². The number of aliphatic hydroxyl groups excluding tert-OH is 1. The van der Waals surface area contributed by atoms with E-state index in [0.29, 0.717) is 12.8 Å². The second-order valence-corrected chi connectivity index (χ2v) is 12.8. The minimum absolute atomic E-state index is 0.00567. The third kappa shape index (κ3) is 5.70. The van der Waals surface area contributed by atoms with Gasteiger partial charge in [-0.05, 0) is 74.8 Å². The summed E-state index contributed by atoms with van der Waals surface area (Å²) in [7, 11) is -4.03. The van der Waals surface area contributed by atoms with Gasteiger partial charge in [0.05, 0.1) is 33.3 Å². The van der Waals surface area contributed by atoms with Gasteiger partial charge in [0.15, 0.2) is 21.5 Å². The monoisotopic (exact) mass is 570 g/mol. The number of sulfone groups is 1.